The van der Waals surface area contributed by atoms with Gasteiger partial charge in [0.1, 0.15) is 0 Å². The van der Waals surface area contributed by atoms with E-state index in [1.807, 2.05) is 6.08 Å². The van der Waals surface area contributed by atoms with E-state index in [2.05, 4.69) is 0 Å². The number of phenols is 1. The van der Waals surface area contributed by atoms with E-state index in [0.29, 0.717) is 50.5 Å². The Hall–Kier alpha value is -4.42. The number of phenolic OH excluding ortho intramolecular Hbond substituents is 1. The third-order valence-corrected chi connectivity index (χ3v) is 10.2. The standard InChI is InChI=1S/C34H42N2O11/c1-46-23-15-18(16-24(47-2)30(23)41)27-19-11-12-20-28(33(44)35(31(20)42)13-7-3-5-9-25(37)38)21(19)17-22-29(27)34(45)36(32(22)43)14-8-4-6-10-26(39)40/h11,15-16,20-22,27-29,41H,3-10,12-14,17H2,1-2H3,(H,37,38)(H,39,40). The van der Waals surface area contributed by atoms with E-state index >= 15 is 0 Å². The van der Waals surface area contributed by atoms with Gasteiger partial charge in [-0.3, -0.25) is 38.6 Å². The van der Waals surface area contributed by atoms with Crippen LogP contribution in [0.3, 0.4) is 0 Å². The zero-order chi connectivity index (χ0) is 34.0. The molecule has 13 heteroatoms. The molecule has 1 aromatic carbocycles. The number of unbranched alkanes of at least 4 members (excludes halogenated alkanes) is 4. The summed E-state index contributed by atoms with van der Waals surface area (Å²) in [6, 6.07) is 3.23. The molecule has 1 saturated carbocycles. The number of carboxylic acids is 2. The minimum absolute atomic E-state index is 0.00419. The number of hydrogen-bond acceptors (Lipinski definition) is 9. The number of aliphatic carboxylic acids is 2. The van der Waals surface area contributed by atoms with E-state index in [0.717, 1.165) is 5.57 Å². The third kappa shape index (κ3) is 6.44. The molecule has 0 spiro atoms. The SMILES string of the molecule is COc1cc(C2C3=CCC4C(=O)N(CCCCCC(=O)O)C(=O)C4C3CC3C(=O)N(CCCCCC(=O)O)C(=O)C32)cc(OC)c1O. The molecule has 3 fully saturated rings. The average molecular weight is 655 g/mol. The number of nitrogens with zero attached hydrogens (tertiary/aromatic N) is 2. The highest BCUT2D eigenvalue weighted by atomic mass is 16.5. The normalized spacial score (nSPS) is 26.6. The number of likely N-dealkylation sites (tertiary alicyclic amines) is 2. The molecule has 254 valence electrons. The number of fused-ring (bicyclic) bond motifs is 4. The molecule has 6 atom stereocenters. The molecular weight excluding hydrogens is 612 g/mol. The molecule has 1 aromatic rings. The van der Waals surface area contributed by atoms with E-state index in [-0.39, 0.29) is 73.2 Å². The monoisotopic (exact) mass is 654 g/mol. The Labute approximate surface area is 272 Å². The fraction of sp³-hybridized carbons (Fsp3) is 0.588. The molecule has 2 aliphatic carbocycles. The van der Waals surface area contributed by atoms with Gasteiger partial charge in [0.15, 0.2) is 11.5 Å². The summed E-state index contributed by atoms with van der Waals surface area (Å²) in [5.74, 6) is -6.95. The van der Waals surface area contributed by atoms with Gasteiger partial charge in [0.2, 0.25) is 29.4 Å². The van der Waals surface area contributed by atoms with Crippen molar-refractivity contribution in [1.82, 2.24) is 9.80 Å². The fourth-order valence-electron chi connectivity index (χ4n) is 8.07. The summed E-state index contributed by atoms with van der Waals surface area (Å²) in [5.41, 5.74) is 1.38. The predicted octanol–water partition coefficient (Wildman–Crippen LogP) is 3.34. The Morgan fingerprint density at radius 2 is 1.23 bits per heavy atom. The number of allylic oxidation sites excluding steroid dienone is 2. The predicted molar refractivity (Wildman–Crippen MR) is 164 cm³/mol. The molecule has 4 aliphatic rings. The third-order valence-electron chi connectivity index (χ3n) is 10.2. The van der Waals surface area contributed by atoms with Crippen molar-refractivity contribution >= 4 is 35.6 Å². The summed E-state index contributed by atoms with van der Waals surface area (Å²) in [7, 11) is 2.79. The van der Waals surface area contributed by atoms with Gasteiger partial charge >= 0.3 is 11.9 Å². The van der Waals surface area contributed by atoms with E-state index in [1.165, 1.54) is 24.0 Å². The zero-order valence-corrected chi connectivity index (χ0v) is 26.7. The molecule has 3 N–H and O–H groups in total. The topological polar surface area (TPSA) is 188 Å². The van der Waals surface area contributed by atoms with Crippen molar-refractivity contribution in [3.63, 3.8) is 0 Å². The molecule has 0 radical (unpaired) electrons. The maximum atomic E-state index is 14.1. The molecule has 0 bridgehead atoms. The summed E-state index contributed by atoms with van der Waals surface area (Å²) < 4.78 is 10.8. The molecule has 2 aliphatic heterocycles. The van der Waals surface area contributed by atoms with Crippen LogP contribution in [0, 0.1) is 29.6 Å². The largest absolute Gasteiger partial charge is 0.502 e. The number of carbonyl (C=O) groups excluding carboxylic acids is 4. The highest BCUT2D eigenvalue weighted by molar-refractivity contribution is 6.08. The molecule has 2 heterocycles. The van der Waals surface area contributed by atoms with Gasteiger partial charge < -0.3 is 24.8 Å². The van der Waals surface area contributed by atoms with Gasteiger partial charge in [-0.05, 0) is 62.1 Å². The van der Waals surface area contributed by atoms with Gasteiger partial charge in [0.25, 0.3) is 0 Å². The van der Waals surface area contributed by atoms with Crippen LogP contribution >= 0.6 is 0 Å². The van der Waals surface area contributed by atoms with E-state index in [1.54, 1.807) is 12.1 Å². The van der Waals surface area contributed by atoms with Gasteiger partial charge in [-0.1, -0.05) is 24.5 Å². The van der Waals surface area contributed by atoms with Gasteiger partial charge in [0.05, 0.1) is 37.9 Å². The van der Waals surface area contributed by atoms with Crippen molar-refractivity contribution < 1.29 is 53.6 Å². The lowest BCUT2D eigenvalue weighted by molar-refractivity contribution is -0.142. The van der Waals surface area contributed by atoms with E-state index in [9.17, 15) is 33.9 Å². The lowest BCUT2D eigenvalue weighted by Crippen LogP contribution is -2.43. The minimum Gasteiger partial charge on any atom is -0.502 e. The number of benzene rings is 1. The van der Waals surface area contributed by atoms with Crippen molar-refractivity contribution in [3.05, 3.63) is 29.3 Å². The number of rotatable bonds is 15. The molecule has 47 heavy (non-hydrogen) atoms. The van der Waals surface area contributed by atoms with Crippen molar-refractivity contribution in [2.75, 3.05) is 27.3 Å². The van der Waals surface area contributed by atoms with Crippen molar-refractivity contribution in [3.8, 4) is 17.2 Å². The Morgan fingerprint density at radius 1 is 0.723 bits per heavy atom. The maximum absolute atomic E-state index is 14.1. The Kier molecular flexibility index (Phi) is 10.2. The first kappa shape index (κ1) is 33.9. The quantitative estimate of drug-likeness (QED) is 0.143. The van der Waals surface area contributed by atoms with Crippen LogP contribution in [0.5, 0.6) is 17.2 Å². The number of carboxylic acid groups (broad SMARTS) is 2. The summed E-state index contributed by atoms with van der Waals surface area (Å²) >= 11 is 0. The van der Waals surface area contributed by atoms with Crippen LogP contribution in [0.15, 0.2) is 23.8 Å². The molecular formula is C34H42N2O11. The van der Waals surface area contributed by atoms with Crippen LogP contribution in [-0.4, -0.2) is 88.0 Å². The lowest BCUT2D eigenvalue weighted by atomic mass is 9.57. The number of amides is 4. The Morgan fingerprint density at radius 3 is 1.74 bits per heavy atom. The second-order valence-electron chi connectivity index (χ2n) is 12.9. The van der Waals surface area contributed by atoms with Crippen LogP contribution in [0.4, 0.5) is 0 Å². The fourth-order valence-corrected chi connectivity index (χ4v) is 8.07. The molecule has 0 aromatic heterocycles. The number of aromatic hydroxyl groups is 1. The number of hydrogen-bond donors (Lipinski definition) is 3. The zero-order valence-electron chi connectivity index (χ0n) is 26.7. The van der Waals surface area contributed by atoms with Crippen LogP contribution in [0.2, 0.25) is 0 Å². The summed E-state index contributed by atoms with van der Waals surface area (Å²) in [5, 5.41) is 28.5. The highest BCUT2D eigenvalue weighted by Gasteiger charge is 2.61. The van der Waals surface area contributed by atoms with Gasteiger partial charge in [-0.2, -0.15) is 0 Å². The first-order chi connectivity index (χ1) is 22.5. The minimum atomic E-state index is -0.905. The van der Waals surface area contributed by atoms with Crippen molar-refractivity contribution in [1.29, 1.82) is 0 Å². The Bertz CT molecular complexity index is 1460. The van der Waals surface area contributed by atoms with Crippen molar-refractivity contribution in [2.45, 2.75) is 70.1 Å². The van der Waals surface area contributed by atoms with Gasteiger partial charge in [0, 0.05) is 31.8 Å². The average Bonchev–Trinajstić information content (AvgIpc) is 3.43. The van der Waals surface area contributed by atoms with E-state index < -0.39 is 47.4 Å². The summed E-state index contributed by atoms with van der Waals surface area (Å²) in [6.07, 6.45) is 5.41. The van der Waals surface area contributed by atoms with Crippen molar-refractivity contribution in [2.24, 2.45) is 29.6 Å². The van der Waals surface area contributed by atoms with Crippen LogP contribution in [-0.2, 0) is 28.8 Å². The first-order valence-corrected chi connectivity index (χ1v) is 16.3. The van der Waals surface area contributed by atoms with Gasteiger partial charge in [-0.25, -0.2) is 0 Å². The molecule has 5 rings (SSSR count). The second-order valence-corrected chi connectivity index (χ2v) is 12.9. The Balaban J connectivity index is 1.46. The molecule has 6 unspecified atom stereocenters. The number of ether oxygens (including phenoxy) is 2. The maximum Gasteiger partial charge on any atom is 0.303 e. The lowest BCUT2D eigenvalue weighted by Gasteiger charge is -2.44. The van der Waals surface area contributed by atoms with Crippen LogP contribution in [0.25, 0.3) is 0 Å². The smallest absolute Gasteiger partial charge is 0.303 e. The first-order valence-electron chi connectivity index (χ1n) is 16.3. The summed E-state index contributed by atoms with van der Waals surface area (Å²) in [6.45, 7) is 0.351. The number of carbonyl (C=O) groups is 6. The highest BCUT2D eigenvalue weighted by Crippen LogP contribution is 2.58. The summed E-state index contributed by atoms with van der Waals surface area (Å²) in [4.78, 5) is 79.8. The molecule has 2 saturated heterocycles. The van der Waals surface area contributed by atoms with E-state index in [4.69, 9.17) is 19.7 Å². The van der Waals surface area contributed by atoms with Crippen LogP contribution < -0.4 is 9.47 Å². The second kappa shape index (κ2) is 14.1. The molecule has 13 nitrogen and oxygen atoms in total. The van der Waals surface area contributed by atoms with Gasteiger partial charge in [-0.15, -0.1) is 0 Å². The number of methoxy groups -OCH3 is 2. The number of imide groups is 2. The molecule has 4 amide bonds. The van der Waals surface area contributed by atoms with Crippen LogP contribution in [0.1, 0.15) is 75.7 Å².